The van der Waals surface area contributed by atoms with Gasteiger partial charge in [0.05, 0.1) is 0 Å². The Balaban J connectivity index is 1.53. The molecule has 1 aliphatic heterocycles. The fraction of sp³-hybridized carbons (Fsp3) is 0.250. The van der Waals surface area contributed by atoms with Crippen LogP contribution in [0, 0.1) is 11.6 Å². The van der Waals surface area contributed by atoms with Crippen molar-refractivity contribution in [3.63, 3.8) is 0 Å². The number of phenolic OH excluding ortho intramolecular Hbond substituents is 1. The zero-order valence-electron chi connectivity index (χ0n) is 15.6. The molecule has 2 heterocycles. The van der Waals surface area contributed by atoms with Crippen LogP contribution < -0.4 is 5.32 Å². The summed E-state index contributed by atoms with van der Waals surface area (Å²) in [6, 6.07) is 7.36. The highest BCUT2D eigenvalue weighted by Gasteiger charge is 2.41. The molecule has 0 radical (unpaired) electrons. The second-order valence-electron chi connectivity index (χ2n) is 7.06. The van der Waals surface area contributed by atoms with Crippen molar-refractivity contribution in [3.8, 4) is 5.75 Å². The van der Waals surface area contributed by atoms with E-state index in [9.17, 15) is 27.1 Å². The molecule has 158 valence electrons. The lowest BCUT2D eigenvalue weighted by atomic mass is 10.2. The van der Waals surface area contributed by atoms with Crippen LogP contribution in [0.4, 0.5) is 8.78 Å². The molecule has 0 aliphatic carbocycles. The summed E-state index contributed by atoms with van der Waals surface area (Å²) in [6.07, 6.45) is 0.793. The summed E-state index contributed by atoms with van der Waals surface area (Å²) in [5, 5.41) is 12.0. The molecule has 1 amide bonds. The fourth-order valence-electron chi connectivity index (χ4n) is 3.56. The van der Waals surface area contributed by atoms with Crippen LogP contribution in [0.25, 0.3) is 11.0 Å². The number of nitrogens with one attached hydrogen (secondary N) is 1. The predicted octanol–water partition coefficient (Wildman–Crippen LogP) is 2.89. The lowest BCUT2D eigenvalue weighted by Crippen LogP contribution is -2.45. The van der Waals surface area contributed by atoms with Crippen molar-refractivity contribution < 1.29 is 31.5 Å². The van der Waals surface area contributed by atoms with Gasteiger partial charge in [0.25, 0.3) is 10.0 Å². The second-order valence-corrected chi connectivity index (χ2v) is 8.88. The van der Waals surface area contributed by atoms with Gasteiger partial charge in [-0.15, -0.1) is 0 Å². The Morgan fingerprint density at radius 2 is 1.97 bits per heavy atom. The number of hydrogen-bond acceptors (Lipinski definition) is 5. The van der Waals surface area contributed by atoms with Crippen LogP contribution in [-0.4, -0.2) is 36.3 Å². The number of benzene rings is 2. The summed E-state index contributed by atoms with van der Waals surface area (Å²) in [5.74, 6) is -1.98. The molecule has 7 nitrogen and oxygen atoms in total. The summed E-state index contributed by atoms with van der Waals surface area (Å²) in [4.78, 5) is 12.6. The van der Waals surface area contributed by atoms with Crippen LogP contribution in [0.5, 0.6) is 5.75 Å². The number of amides is 1. The molecule has 3 aromatic rings. The lowest BCUT2D eigenvalue weighted by Gasteiger charge is -2.22. The zero-order chi connectivity index (χ0) is 21.5. The smallest absolute Gasteiger partial charge is 0.277 e. The van der Waals surface area contributed by atoms with E-state index in [1.54, 1.807) is 0 Å². The molecule has 1 atom stereocenters. The SMILES string of the molecule is O=C(NCc1cc(O)cc(F)c1)[C@@H]1CCCN1S(=O)(=O)c1cc2cc(F)ccc2o1. The Hall–Kier alpha value is -2.98. The van der Waals surface area contributed by atoms with Gasteiger partial charge in [0.15, 0.2) is 0 Å². The van der Waals surface area contributed by atoms with E-state index in [4.69, 9.17) is 4.42 Å². The van der Waals surface area contributed by atoms with Crippen LogP contribution >= 0.6 is 0 Å². The molecular formula is C20H18F2N2O5S. The van der Waals surface area contributed by atoms with Gasteiger partial charge in [0.1, 0.15) is 29.0 Å². The number of sulfonamides is 1. The minimum Gasteiger partial charge on any atom is -0.508 e. The summed E-state index contributed by atoms with van der Waals surface area (Å²) in [5.41, 5.74) is 0.564. The molecular weight excluding hydrogens is 418 g/mol. The molecule has 0 saturated carbocycles. The topological polar surface area (TPSA) is 99.9 Å². The van der Waals surface area contributed by atoms with E-state index in [0.29, 0.717) is 23.8 Å². The number of nitrogens with zero attached hydrogens (tertiary/aromatic N) is 1. The standard InChI is InChI=1S/C20H18F2N2O5S/c21-14-3-4-18-13(8-14)9-19(29-18)30(27,28)24-5-1-2-17(24)20(26)23-11-12-6-15(22)10-16(25)7-12/h3-4,6-10,17,25H,1-2,5,11H2,(H,23,26)/t17-/m0/s1. The highest BCUT2D eigenvalue weighted by Crippen LogP contribution is 2.30. The highest BCUT2D eigenvalue weighted by molar-refractivity contribution is 7.89. The molecule has 1 fully saturated rings. The summed E-state index contributed by atoms with van der Waals surface area (Å²) < 4.78 is 59.3. The van der Waals surface area contributed by atoms with Crippen molar-refractivity contribution in [1.82, 2.24) is 9.62 Å². The first-order valence-corrected chi connectivity index (χ1v) is 10.6. The lowest BCUT2D eigenvalue weighted by molar-refractivity contribution is -0.124. The third-order valence-corrected chi connectivity index (χ3v) is 6.70. The molecule has 0 bridgehead atoms. The van der Waals surface area contributed by atoms with Crippen molar-refractivity contribution in [1.29, 1.82) is 0 Å². The number of phenols is 1. The van der Waals surface area contributed by atoms with E-state index in [-0.39, 0.29) is 29.5 Å². The van der Waals surface area contributed by atoms with E-state index >= 15 is 0 Å². The van der Waals surface area contributed by atoms with Gasteiger partial charge in [-0.2, -0.15) is 4.31 Å². The van der Waals surface area contributed by atoms with Crippen LogP contribution in [-0.2, 0) is 21.4 Å². The molecule has 30 heavy (non-hydrogen) atoms. The normalized spacial score (nSPS) is 17.5. The number of carbonyl (C=O) groups excluding carboxylic acids is 1. The Kier molecular flexibility index (Phi) is 5.20. The van der Waals surface area contributed by atoms with Crippen molar-refractivity contribution in [2.24, 2.45) is 0 Å². The van der Waals surface area contributed by atoms with Gasteiger partial charge in [0.2, 0.25) is 11.0 Å². The van der Waals surface area contributed by atoms with E-state index in [1.165, 1.54) is 30.3 Å². The fourth-order valence-corrected chi connectivity index (χ4v) is 5.17. The maximum atomic E-state index is 13.4. The maximum Gasteiger partial charge on any atom is 0.277 e. The summed E-state index contributed by atoms with van der Waals surface area (Å²) >= 11 is 0. The quantitative estimate of drug-likeness (QED) is 0.641. The van der Waals surface area contributed by atoms with Crippen LogP contribution in [0.1, 0.15) is 18.4 Å². The van der Waals surface area contributed by atoms with Gasteiger partial charge in [0, 0.05) is 30.6 Å². The van der Waals surface area contributed by atoms with Gasteiger partial charge in [-0.3, -0.25) is 4.79 Å². The minimum absolute atomic E-state index is 0.0710. The van der Waals surface area contributed by atoms with E-state index in [0.717, 1.165) is 16.4 Å². The van der Waals surface area contributed by atoms with E-state index in [2.05, 4.69) is 5.32 Å². The van der Waals surface area contributed by atoms with Gasteiger partial charge in [-0.25, -0.2) is 17.2 Å². The first kappa shape index (κ1) is 20.3. The number of aromatic hydroxyl groups is 1. The van der Waals surface area contributed by atoms with Crippen molar-refractivity contribution in [3.05, 3.63) is 59.7 Å². The molecule has 0 spiro atoms. The monoisotopic (exact) mass is 436 g/mol. The van der Waals surface area contributed by atoms with Gasteiger partial charge in [-0.1, -0.05) is 0 Å². The number of rotatable bonds is 5. The average Bonchev–Trinajstić information content (AvgIpc) is 3.32. The molecule has 10 heteroatoms. The Bertz CT molecular complexity index is 1200. The van der Waals surface area contributed by atoms with Crippen molar-refractivity contribution >= 4 is 26.9 Å². The predicted molar refractivity (Wildman–Crippen MR) is 103 cm³/mol. The molecule has 0 unspecified atom stereocenters. The van der Waals surface area contributed by atoms with Crippen LogP contribution in [0.3, 0.4) is 0 Å². The minimum atomic E-state index is -4.12. The zero-order valence-corrected chi connectivity index (χ0v) is 16.5. The summed E-state index contributed by atoms with van der Waals surface area (Å²) in [7, 11) is -4.12. The number of furan rings is 1. The van der Waals surface area contributed by atoms with Crippen molar-refractivity contribution in [2.45, 2.75) is 30.5 Å². The third kappa shape index (κ3) is 3.88. The highest BCUT2D eigenvalue weighted by atomic mass is 32.2. The Labute approximate surface area is 171 Å². The molecule has 2 aromatic carbocycles. The molecule has 1 aromatic heterocycles. The molecule has 2 N–H and O–H groups in total. The van der Waals surface area contributed by atoms with Crippen LogP contribution in [0.15, 0.2) is 52.0 Å². The largest absolute Gasteiger partial charge is 0.508 e. The number of carbonyl (C=O) groups is 1. The third-order valence-electron chi connectivity index (χ3n) is 4.93. The van der Waals surface area contributed by atoms with Gasteiger partial charge in [-0.05, 0) is 48.7 Å². The first-order chi connectivity index (χ1) is 14.2. The van der Waals surface area contributed by atoms with Gasteiger partial charge >= 0.3 is 0 Å². The first-order valence-electron chi connectivity index (χ1n) is 9.21. The molecule has 1 saturated heterocycles. The van der Waals surface area contributed by atoms with Gasteiger partial charge < -0.3 is 14.8 Å². The van der Waals surface area contributed by atoms with Crippen LogP contribution in [0.2, 0.25) is 0 Å². The molecule has 4 rings (SSSR count). The van der Waals surface area contributed by atoms with Crippen molar-refractivity contribution in [2.75, 3.05) is 6.54 Å². The average molecular weight is 436 g/mol. The number of fused-ring (bicyclic) bond motifs is 1. The number of hydrogen-bond donors (Lipinski definition) is 2. The van der Waals surface area contributed by atoms with E-state index < -0.39 is 33.6 Å². The number of halogens is 2. The summed E-state index contributed by atoms with van der Waals surface area (Å²) in [6.45, 7) is 0.0606. The molecule has 1 aliphatic rings. The Morgan fingerprint density at radius 1 is 1.17 bits per heavy atom. The van der Waals surface area contributed by atoms with E-state index in [1.807, 2.05) is 0 Å². The second kappa shape index (κ2) is 7.69. The Morgan fingerprint density at radius 3 is 2.73 bits per heavy atom. The maximum absolute atomic E-state index is 13.4.